The summed E-state index contributed by atoms with van der Waals surface area (Å²) in [5, 5.41) is 7.08. The summed E-state index contributed by atoms with van der Waals surface area (Å²) in [5.74, 6) is 0. The third-order valence-electron chi connectivity index (χ3n) is 9.06. The van der Waals surface area contributed by atoms with Crippen molar-refractivity contribution in [1.29, 1.82) is 0 Å². The van der Waals surface area contributed by atoms with Crippen LogP contribution in [0.25, 0.3) is 65.7 Å². The van der Waals surface area contributed by atoms with Gasteiger partial charge in [0, 0.05) is 38.8 Å². The molecule has 9 aromatic rings. The topological polar surface area (TPSA) is 16.4 Å². The Kier molecular flexibility index (Phi) is 6.17. The molecule has 1 aromatic heterocycles. The molecule has 0 aliphatic heterocycles. The monoisotopic (exact) mass is 587 g/mol. The van der Waals surface area contributed by atoms with Crippen molar-refractivity contribution in [3.05, 3.63) is 176 Å². The summed E-state index contributed by atoms with van der Waals surface area (Å²) in [6.45, 7) is 0. The number of furan rings is 1. The van der Waals surface area contributed by atoms with Crippen LogP contribution in [0, 0.1) is 0 Å². The second kappa shape index (κ2) is 10.8. The molecule has 0 fully saturated rings. The van der Waals surface area contributed by atoms with Gasteiger partial charge in [-0.3, -0.25) is 0 Å². The minimum atomic E-state index is 0.919. The summed E-state index contributed by atoms with van der Waals surface area (Å²) in [6.07, 6.45) is 0. The van der Waals surface area contributed by atoms with Gasteiger partial charge in [-0.05, 0) is 75.3 Å². The molecule has 0 bridgehead atoms. The smallest absolute Gasteiger partial charge is 0.143 e. The van der Waals surface area contributed by atoms with Gasteiger partial charge in [-0.15, -0.1) is 0 Å². The maximum atomic E-state index is 6.81. The maximum Gasteiger partial charge on any atom is 0.143 e. The lowest BCUT2D eigenvalue weighted by atomic mass is 9.98. The van der Waals surface area contributed by atoms with E-state index >= 15 is 0 Å². The second-order valence-electron chi connectivity index (χ2n) is 11.7. The maximum absolute atomic E-state index is 6.81. The Labute approximate surface area is 267 Å². The molecule has 1 heterocycles. The summed E-state index contributed by atoms with van der Waals surface area (Å²) >= 11 is 0. The Hall–Kier alpha value is -6.12. The lowest BCUT2D eigenvalue weighted by molar-refractivity contribution is 0.674. The number of rotatable bonds is 5. The third-order valence-corrected chi connectivity index (χ3v) is 9.06. The number of anilines is 3. The fraction of sp³-hybridized carbons (Fsp3) is 0. The van der Waals surface area contributed by atoms with Crippen LogP contribution in [0.15, 0.2) is 180 Å². The Morgan fingerprint density at radius 2 is 0.870 bits per heavy atom. The highest BCUT2D eigenvalue weighted by atomic mass is 16.3. The van der Waals surface area contributed by atoms with E-state index in [1.807, 2.05) is 0 Å². The predicted octanol–water partition coefficient (Wildman–Crippen LogP) is 12.7. The number of para-hydroxylation sites is 2. The lowest BCUT2D eigenvalue weighted by Crippen LogP contribution is -2.09. The zero-order valence-corrected chi connectivity index (χ0v) is 25.1. The average molecular weight is 588 g/mol. The van der Waals surface area contributed by atoms with Crippen molar-refractivity contribution in [1.82, 2.24) is 0 Å². The fourth-order valence-corrected chi connectivity index (χ4v) is 6.82. The van der Waals surface area contributed by atoms with Gasteiger partial charge in [0.1, 0.15) is 11.2 Å². The number of hydrogen-bond acceptors (Lipinski definition) is 2. The van der Waals surface area contributed by atoms with E-state index in [0.717, 1.165) is 50.1 Å². The van der Waals surface area contributed by atoms with Crippen LogP contribution in [0.3, 0.4) is 0 Å². The molecule has 0 aliphatic rings. The van der Waals surface area contributed by atoms with Crippen molar-refractivity contribution in [2.24, 2.45) is 0 Å². The van der Waals surface area contributed by atoms with Crippen LogP contribution >= 0.6 is 0 Å². The molecule has 0 atom stereocenters. The van der Waals surface area contributed by atoms with E-state index in [9.17, 15) is 0 Å². The fourth-order valence-electron chi connectivity index (χ4n) is 6.82. The largest absolute Gasteiger partial charge is 0.455 e. The van der Waals surface area contributed by atoms with Gasteiger partial charge in [-0.25, -0.2) is 0 Å². The van der Waals surface area contributed by atoms with E-state index in [0.29, 0.717) is 0 Å². The normalized spacial score (nSPS) is 11.5. The molecule has 2 heteroatoms. The SMILES string of the molecule is c1ccc(-c2ccc(N(c3ccccc3)c3ccc(-c4cccc5c4oc4c5ccc5ccc6ccccc6c54)cc3)cc2)cc1. The van der Waals surface area contributed by atoms with Gasteiger partial charge in [-0.1, -0.05) is 133 Å². The zero-order chi connectivity index (χ0) is 30.5. The molecule has 0 spiro atoms. The summed E-state index contributed by atoms with van der Waals surface area (Å²) in [4.78, 5) is 2.30. The van der Waals surface area contributed by atoms with Crippen molar-refractivity contribution < 1.29 is 4.42 Å². The first-order chi connectivity index (χ1) is 22.8. The highest BCUT2D eigenvalue weighted by Crippen LogP contribution is 2.42. The zero-order valence-electron chi connectivity index (χ0n) is 25.1. The molecule has 0 radical (unpaired) electrons. The van der Waals surface area contributed by atoms with Gasteiger partial charge < -0.3 is 9.32 Å². The molecule has 0 N–H and O–H groups in total. The van der Waals surface area contributed by atoms with Crippen LogP contribution in [0.1, 0.15) is 0 Å². The van der Waals surface area contributed by atoms with Crippen molar-refractivity contribution >= 4 is 60.5 Å². The number of benzene rings is 8. The first-order valence-electron chi connectivity index (χ1n) is 15.7. The number of hydrogen-bond donors (Lipinski definition) is 0. The molecule has 46 heavy (non-hydrogen) atoms. The molecule has 0 saturated carbocycles. The quantitative estimate of drug-likeness (QED) is 0.186. The van der Waals surface area contributed by atoms with Crippen molar-refractivity contribution in [2.75, 3.05) is 4.90 Å². The van der Waals surface area contributed by atoms with Crippen molar-refractivity contribution in [3.63, 3.8) is 0 Å². The van der Waals surface area contributed by atoms with Gasteiger partial charge in [0.25, 0.3) is 0 Å². The Morgan fingerprint density at radius 3 is 1.63 bits per heavy atom. The van der Waals surface area contributed by atoms with Crippen LogP contribution < -0.4 is 4.90 Å². The summed E-state index contributed by atoms with van der Waals surface area (Å²) in [6, 6.07) is 62.5. The van der Waals surface area contributed by atoms with Gasteiger partial charge >= 0.3 is 0 Å². The minimum Gasteiger partial charge on any atom is -0.455 e. The van der Waals surface area contributed by atoms with Crippen molar-refractivity contribution in [2.45, 2.75) is 0 Å². The Morgan fingerprint density at radius 1 is 0.326 bits per heavy atom. The van der Waals surface area contributed by atoms with E-state index in [-0.39, 0.29) is 0 Å². The molecule has 0 aliphatic carbocycles. The molecule has 0 unspecified atom stereocenters. The molecule has 216 valence electrons. The average Bonchev–Trinajstić information content (AvgIpc) is 3.52. The predicted molar refractivity (Wildman–Crippen MR) is 194 cm³/mol. The van der Waals surface area contributed by atoms with Crippen LogP contribution in [0.4, 0.5) is 17.1 Å². The summed E-state index contributed by atoms with van der Waals surface area (Å²) in [7, 11) is 0. The van der Waals surface area contributed by atoms with Gasteiger partial charge in [0.15, 0.2) is 0 Å². The molecule has 9 rings (SSSR count). The van der Waals surface area contributed by atoms with E-state index in [4.69, 9.17) is 4.42 Å². The molecule has 0 saturated heterocycles. The van der Waals surface area contributed by atoms with E-state index in [1.54, 1.807) is 0 Å². The van der Waals surface area contributed by atoms with Crippen molar-refractivity contribution in [3.8, 4) is 22.3 Å². The Bertz CT molecular complexity index is 2490. The van der Waals surface area contributed by atoms with E-state index in [1.165, 1.54) is 32.7 Å². The summed E-state index contributed by atoms with van der Waals surface area (Å²) in [5.41, 5.74) is 9.81. The highest BCUT2D eigenvalue weighted by Gasteiger charge is 2.17. The van der Waals surface area contributed by atoms with Crippen LogP contribution in [-0.4, -0.2) is 0 Å². The van der Waals surface area contributed by atoms with E-state index in [2.05, 4.69) is 181 Å². The molecular weight excluding hydrogens is 558 g/mol. The minimum absolute atomic E-state index is 0.919. The molecule has 8 aromatic carbocycles. The second-order valence-corrected chi connectivity index (χ2v) is 11.7. The van der Waals surface area contributed by atoms with Crippen LogP contribution in [-0.2, 0) is 0 Å². The number of fused-ring (bicyclic) bond motifs is 7. The highest BCUT2D eigenvalue weighted by molar-refractivity contribution is 6.23. The lowest BCUT2D eigenvalue weighted by Gasteiger charge is -2.26. The van der Waals surface area contributed by atoms with Gasteiger partial charge in [-0.2, -0.15) is 0 Å². The first-order valence-corrected chi connectivity index (χ1v) is 15.7. The summed E-state index contributed by atoms with van der Waals surface area (Å²) < 4.78 is 6.81. The number of nitrogens with zero attached hydrogens (tertiary/aromatic N) is 1. The molecule has 0 amide bonds. The standard InChI is InChI=1S/C44H29NO/c1-3-10-30(11-4-1)31-20-25-36(26-21-31)45(35-13-5-2-6-14-35)37-27-22-33(23-28-37)39-16-9-17-40-41-29-24-34-19-18-32-12-7-8-15-38(32)42(34)44(41)46-43(39)40/h1-29H. The molecule has 2 nitrogen and oxygen atoms in total. The molecular formula is C44H29NO. The van der Waals surface area contributed by atoms with Gasteiger partial charge in [0.2, 0.25) is 0 Å². The first kappa shape index (κ1) is 26.3. The van der Waals surface area contributed by atoms with Crippen LogP contribution in [0.5, 0.6) is 0 Å². The Balaban J connectivity index is 1.15. The van der Waals surface area contributed by atoms with Crippen LogP contribution in [0.2, 0.25) is 0 Å². The third kappa shape index (κ3) is 4.35. The van der Waals surface area contributed by atoms with Gasteiger partial charge in [0.05, 0.1) is 0 Å². The van der Waals surface area contributed by atoms with E-state index < -0.39 is 0 Å².